The van der Waals surface area contributed by atoms with Gasteiger partial charge in [0.05, 0.1) is 0 Å². The quantitative estimate of drug-likeness (QED) is 0.516. The van der Waals surface area contributed by atoms with Gasteiger partial charge in [-0.3, -0.25) is 0 Å². The minimum atomic E-state index is 0.551. The number of rotatable bonds is 4. The summed E-state index contributed by atoms with van der Waals surface area (Å²) in [7, 11) is 0. The lowest BCUT2D eigenvalue weighted by molar-refractivity contribution is 0.537. The third kappa shape index (κ3) is 2.89. The Kier molecular flexibility index (Phi) is 4.21. The molecule has 24 heavy (non-hydrogen) atoms. The molecule has 4 rings (SSSR count). The molecule has 3 aromatic carbocycles. The summed E-state index contributed by atoms with van der Waals surface area (Å²) in [4.78, 5) is 0. The van der Waals surface area contributed by atoms with Gasteiger partial charge in [-0.1, -0.05) is 91.9 Å². The van der Waals surface area contributed by atoms with Crippen molar-refractivity contribution < 1.29 is 0 Å². The number of hydrogen-bond acceptors (Lipinski definition) is 0. The van der Waals surface area contributed by atoms with Crippen LogP contribution >= 0.6 is 0 Å². The van der Waals surface area contributed by atoms with Crippen molar-refractivity contribution in [3.05, 3.63) is 107 Å². The fourth-order valence-electron chi connectivity index (χ4n) is 4.31. The van der Waals surface area contributed by atoms with Gasteiger partial charge in [0, 0.05) is 5.92 Å². The van der Waals surface area contributed by atoms with Crippen molar-refractivity contribution in [1.82, 2.24) is 0 Å². The van der Waals surface area contributed by atoms with Crippen LogP contribution in [0.15, 0.2) is 84.9 Å². The average Bonchev–Trinajstić information content (AvgIpc) is 3.02. The lowest BCUT2D eigenvalue weighted by Gasteiger charge is -2.18. The highest BCUT2D eigenvalue weighted by atomic mass is 14.4. The molecule has 0 amide bonds. The topological polar surface area (TPSA) is 0 Å². The molecule has 0 bridgehead atoms. The first kappa shape index (κ1) is 15.2. The molecule has 0 saturated heterocycles. The first-order valence-electron chi connectivity index (χ1n) is 9.01. The van der Waals surface area contributed by atoms with E-state index in [1.54, 1.807) is 5.56 Å². The van der Waals surface area contributed by atoms with Gasteiger partial charge in [0.15, 0.2) is 0 Å². The average molecular weight is 312 g/mol. The van der Waals surface area contributed by atoms with E-state index in [1.807, 2.05) is 0 Å². The van der Waals surface area contributed by atoms with Gasteiger partial charge >= 0.3 is 0 Å². The summed E-state index contributed by atoms with van der Waals surface area (Å²) in [5, 5.41) is 0. The lowest BCUT2D eigenvalue weighted by Crippen LogP contribution is -2.02. The molecular weight excluding hydrogens is 288 g/mol. The van der Waals surface area contributed by atoms with Gasteiger partial charge in [-0.15, -0.1) is 0 Å². The van der Waals surface area contributed by atoms with Crippen LogP contribution in [-0.4, -0.2) is 0 Å². The molecule has 0 fully saturated rings. The highest BCUT2D eigenvalue weighted by Gasteiger charge is 2.32. The van der Waals surface area contributed by atoms with Crippen LogP contribution in [-0.2, 0) is 0 Å². The van der Waals surface area contributed by atoms with Crippen molar-refractivity contribution in [3.63, 3.8) is 0 Å². The smallest absolute Gasteiger partial charge is 0.00979 e. The maximum atomic E-state index is 2.37. The second kappa shape index (κ2) is 6.65. The van der Waals surface area contributed by atoms with E-state index in [0.717, 1.165) is 0 Å². The zero-order valence-electron chi connectivity index (χ0n) is 14.2. The van der Waals surface area contributed by atoms with Gasteiger partial charge < -0.3 is 0 Å². The second-order valence-electron chi connectivity index (χ2n) is 7.07. The minimum absolute atomic E-state index is 0.551. The van der Waals surface area contributed by atoms with Crippen LogP contribution in [0, 0.1) is 0 Å². The van der Waals surface area contributed by atoms with Gasteiger partial charge in [-0.2, -0.15) is 0 Å². The highest BCUT2D eigenvalue weighted by molar-refractivity contribution is 5.45. The largest absolute Gasteiger partial charge is 0.0622 e. The van der Waals surface area contributed by atoms with E-state index in [-0.39, 0.29) is 0 Å². The molecule has 0 radical (unpaired) electrons. The molecule has 0 saturated carbocycles. The Hall–Kier alpha value is -2.34. The van der Waals surface area contributed by atoms with Crippen molar-refractivity contribution in [2.45, 2.75) is 37.5 Å². The molecule has 1 aliphatic rings. The standard InChI is InChI=1S/C24H24/c1-18(19-10-4-2-5-11-19)16-21-17-24(20-12-6-3-7-13-20)23-15-9-8-14-22(21)23/h2-15,18,21,24H,16-17H2,1H3/t18-,21+,24+/m0/s1. The summed E-state index contributed by atoms with van der Waals surface area (Å²) >= 11 is 0. The summed E-state index contributed by atoms with van der Waals surface area (Å²) in [5.74, 6) is 1.80. The predicted molar refractivity (Wildman–Crippen MR) is 102 cm³/mol. The third-order valence-corrected chi connectivity index (χ3v) is 5.54. The summed E-state index contributed by atoms with van der Waals surface area (Å²) in [6, 6.07) is 31.0. The number of fused-ring (bicyclic) bond motifs is 1. The summed E-state index contributed by atoms with van der Waals surface area (Å²) < 4.78 is 0. The normalized spacial score (nSPS) is 20.5. The van der Waals surface area contributed by atoms with Gasteiger partial charge in [0.2, 0.25) is 0 Å². The molecule has 0 spiro atoms. The maximum absolute atomic E-state index is 2.37. The Morgan fingerprint density at radius 2 is 1.33 bits per heavy atom. The van der Waals surface area contributed by atoms with Gasteiger partial charge in [-0.05, 0) is 46.9 Å². The Labute approximate surface area is 145 Å². The molecule has 0 heteroatoms. The molecule has 0 aromatic heterocycles. The molecule has 0 nitrogen and oxygen atoms in total. The number of benzene rings is 3. The van der Waals surface area contributed by atoms with Crippen LogP contribution in [0.25, 0.3) is 0 Å². The molecule has 3 aromatic rings. The van der Waals surface area contributed by atoms with Crippen LogP contribution in [0.4, 0.5) is 0 Å². The van der Waals surface area contributed by atoms with Gasteiger partial charge in [0.1, 0.15) is 0 Å². The molecule has 0 heterocycles. The first-order chi connectivity index (χ1) is 11.8. The second-order valence-corrected chi connectivity index (χ2v) is 7.07. The summed E-state index contributed by atoms with van der Waals surface area (Å²) in [5.41, 5.74) is 6.01. The van der Waals surface area contributed by atoms with Crippen LogP contribution in [0.3, 0.4) is 0 Å². The van der Waals surface area contributed by atoms with Crippen molar-refractivity contribution in [1.29, 1.82) is 0 Å². The van der Waals surface area contributed by atoms with E-state index in [0.29, 0.717) is 17.8 Å². The zero-order chi connectivity index (χ0) is 16.4. The van der Waals surface area contributed by atoms with Crippen molar-refractivity contribution in [2.24, 2.45) is 0 Å². The molecule has 1 aliphatic carbocycles. The molecule has 0 N–H and O–H groups in total. The maximum Gasteiger partial charge on any atom is 0.00979 e. The summed E-state index contributed by atoms with van der Waals surface area (Å²) in [6.07, 6.45) is 2.46. The van der Waals surface area contributed by atoms with E-state index in [1.165, 1.54) is 29.5 Å². The first-order valence-corrected chi connectivity index (χ1v) is 9.01. The van der Waals surface area contributed by atoms with Crippen LogP contribution in [0.2, 0.25) is 0 Å². The van der Waals surface area contributed by atoms with E-state index in [9.17, 15) is 0 Å². The SMILES string of the molecule is C[C@@H](C[C@@H]1C[C@H](c2ccccc2)c2ccccc21)c1ccccc1. The predicted octanol–water partition coefficient (Wildman–Crippen LogP) is 6.50. The molecule has 0 unspecified atom stereocenters. The minimum Gasteiger partial charge on any atom is -0.0622 e. The zero-order valence-corrected chi connectivity index (χ0v) is 14.2. The van der Waals surface area contributed by atoms with Crippen LogP contribution in [0.1, 0.15) is 59.8 Å². The lowest BCUT2D eigenvalue weighted by atomic mass is 9.86. The van der Waals surface area contributed by atoms with E-state index in [4.69, 9.17) is 0 Å². The summed E-state index contributed by atoms with van der Waals surface area (Å²) in [6.45, 7) is 2.37. The Morgan fingerprint density at radius 3 is 2.04 bits per heavy atom. The number of hydrogen-bond donors (Lipinski definition) is 0. The fraction of sp³-hybridized carbons (Fsp3) is 0.250. The fourth-order valence-corrected chi connectivity index (χ4v) is 4.31. The van der Waals surface area contributed by atoms with Crippen LogP contribution < -0.4 is 0 Å². The highest BCUT2D eigenvalue weighted by Crippen LogP contribution is 2.48. The molecule has 3 atom stereocenters. The van der Waals surface area contributed by atoms with Crippen molar-refractivity contribution in [2.75, 3.05) is 0 Å². The monoisotopic (exact) mass is 312 g/mol. The Morgan fingerprint density at radius 1 is 0.750 bits per heavy atom. The van der Waals surface area contributed by atoms with Crippen LogP contribution in [0.5, 0.6) is 0 Å². The Bertz CT molecular complexity index is 787. The van der Waals surface area contributed by atoms with E-state index in [2.05, 4.69) is 91.9 Å². The van der Waals surface area contributed by atoms with Crippen molar-refractivity contribution >= 4 is 0 Å². The van der Waals surface area contributed by atoms with Gasteiger partial charge in [-0.25, -0.2) is 0 Å². The molecule has 0 aliphatic heterocycles. The van der Waals surface area contributed by atoms with E-state index >= 15 is 0 Å². The molecule has 120 valence electrons. The van der Waals surface area contributed by atoms with E-state index < -0.39 is 0 Å². The van der Waals surface area contributed by atoms with Gasteiger partial charge in [0.25, 0.3) is 0 Å². The Balaban J connectivity index is 1.61. The van der Waals surface area contributed by atoms with Crippen molar-refractivity contribution in [3.8, 4) is 0 Å². The third-order valence-electron chi connectivity index (χ3n) is 5.54. The molecular formula is C24H24.